The van der Waals surface area contributed by atoms with Crippen LogP contribution in [-0.4, -0.2) is 37.1 Å². The van der Waals surface area contributed by atoms with E-state index in [9.17, 15) is 4.79 Å². The first-order valence-corrected chi connectivity index (χ1v) is 6.62. The summed E-state index contributed by atoms with van der Waals surface area (Å²) in [4.78, 5) is 17.5. The number of carbonyl (C=O) groups is 1. The van der Waals surface area contributed by atoms with Crippen LogP contribution in [0.5, 0.6) is 0 Å². The summed E-state index contributed by atoms with van der Waals surface area (Å²) in [6.45, 7) is 4.70. The molecule has 1 aliphatic heterocycles. The van der Waals surface area contributed by atoms with Crippen molar-refractivity contribution in [3.63, 3.8) is 0 Å². The lowest BCUT2D eigenvalue weighted by atomic mass is 10.1. The van der Waals surface area contributed by atoms with Crippen LogP contribution in [-0.2, 0) is 4.74 Å². The van der Waals surface area contributed by atoms with E-state index >= 15 is 0 Å². The van der Waals surface area contributed by atoms with Crippen LogP contribution in [0, 0.1) is 0 Å². The number of anilines is 1. The minimum Gasteiger partial charge on any atom is -0.376 e. The van der Waals surface area contributed by atoms with Gasteiger partial charge in [-0.05, 0) is 31.4 Å². The van der Waals surface area contributed by atoms with Gasteiger partial charge in [-0.2, -0.15) is 0 Å². The monoisotopic (exact) mass is 248 g/mol. The average Bonchev–Trinajstić information content (AvgIpc) is 2.45. The highest BCUT2D eigenvalue weighted by molar-refractivity contribution is 5.82. The number of carbonyl (C=O) groups excluding carboxylic acids is 1. The first-order chi connectivity index (χ1) is 8.85. The molecule has 0 amide bonds. The largest absolute Gasteiger partial charge is 0.376 e. The van der Waals surface area contributed by atoms with Crippen LogP contribution < -0.4 is 4.90 Å². The van der Waals surface area contributed by atoms with Gasteiger partial charge in [-0.25, -0.2) is 4.98 Å². The van der Waals surface area contributed by atoms with Gasteiger partial charge in [0.2, 0.25) is 0 Å². The highest BCUT2D eigenvalue weighted by Gasteiger charge is 2.22. The van der Waals surface area contributed by atoms with Crippen molar-refractivity contribution in [2.24, 2.45) is 0 Å². The molecule has 1 saturated heterocycles. The molecule has 1 atom stereocenters. The maximum atomic E-state index is 11.0. The van der Waals surface area contributed by atoms with Gasteiger partial charge in [0.15, 0.2) is 6.29 Å². The van der Waals surface area contributed by atoms with Crippen LogP contribution in [0.3, 0.4) is 0 Å². The molecule has 0 bridgehead atoms. The zero-order valence-electron chi connectivity index (χ0n) is 10.8. The number of rotatable bonds is 5. The summed E-state index contributed by atoms with van der Waals surface area (Å²) in [5.74, 6) is 0.789. The van der Waals surface area contributed by atoms with Gasteiger partial charge in [-0.3, -0.25) is 4.79 Å². The Kier molecular flexibility index (Phi) is 4.70. The topological polar surface area (TPSA) is 42.4 Å². The minimum absolute atomic E-state index is 0.264. The maximum absolute atomic E-state index is 11.0. The highest BCUT2D eigenvalue weighted by Crippen LogP contribution is 2.21. The molecule has 1 aromatic rings. The number of piperidine rings is 1. The van der Waals surface area contributed by atoms with E-state index in [2.05, 4.69) is 16.8 Å². The molecule has 0 aliphatic carbocycles. The fraction of sp³-hybridized carbons (Fsp3) is 0.571. The normalized spacial score (nSPS) is 19.8. The first kappa shape index (κ1) is 13.0. The molecule has 2 rings (SSSR count). The summed E-state index contributed by atoms with van der Waals surface area (Å²) in [6, 6.07) is 3.61. The first-order valence-electron chi connectivity index (χ1n) is 6.62. The molecular formula is C14H20N2O2. The Balaban J connectivity index is 2.05. The predicted octanol–water partition coefficient (Wildman–Crippen LogP) is 2.29. The van der Waals surface area contributed by atoms with E-state index in [0.717, 1.165) is 51.1 Å². The second kappa shape index (κ2) is 6.50. The number of hydrogen-bond acceptors (Lipinski definition) is 4. The lowest BCUT2D eigenvalue weighted by Gasteiger charge is -2.34. The second-order valence-electron chi connectivity index (χ2n) is 4.62. The smallest absolute Gasteiger partial charge is 0.153 e. The van der Waals surface area contributed by atoms with Gasteiger partial charge in [-0.15, -0.1) is 0 Å². The molecule has 0 aromatic carbocycles. The van der Waals surface area contributed by atoms with Gasteiger partial charge in [-0.1, -0.05) is 6.92 Å². The Hall–Kier alpha value is -1.42. The maximum Gasteiger partial charge on any atom is 0.153 e. The van der Waals surface area contributed by atoms with Crippen molar-refractivity contribution in [3.8, 4) is 0 Å². The summed E-state index contributed by atoms with van der Waals surface area (Å²) >= 11 is 0. The number of hydrogen-bond donors (Lipinski definition) is 0. The van der Waals surface area contributed by atoms with E-state index in [-0.39, 0.29) is 6.10 Å². The predicted molar refractivity (Wildman–Crippen MR) is 71.1 cm³/mol. The summed E-state index contributed by atoms with van der Waals surface area (Å²) in [5.41, 5.74) is 0.661. The highest BCUT2D eigenvalue weighted by atomic mass is 16.5. The van der Waals surface area contributed by atoms with Crippen LogP contribution in [0.4, 0.5) is 5.82 Å². The third-order valence-corrected chi connectivity index (χ3v) is 3.18. The minimum atomic E-state index is 0.264. The lowest BCUT2D eigenvalue weighted by molar-refractivity contribution is 0.0439. The Morgan fingerprint density at radius 1 is 1.61 bits per heavy atom. The van der Waals surface area contributed by atoms with E-state index in [4.69, 9.17) is 4.74 Å². The van der Waals surface area contributed by atoms with E-state index < -0.39 is 0 Å². The average molecular weight is 248 g/mol. The van der Waals surface area contributed by atoms with Gasteiger partial charge >= 0.3 is 0 Å². The van der Waals surface area contributed by atoms with Crippen LogP contribution in [0.1, 0.15) is 36.5 Å². The number of aldehydes is 1. The number of aromatic nitrogens is 1. The van der Waals surface area contributed by atoms with Crippen molar-refractivity contribution in [3.05, 3.63) is 23.9 Å². The zero-order chi connectivity index (χ0) is 12.8. The van der Waals surface area contributed by atoms with Crippen molar-refractivity contribution in [1.82, 2.24) is 4.98 Å². The van der Waals surface area contributed by atoms with E-state index in [1.54, 1.807) is 12.3 Å². The SMILES string of the molecule is CCCOC1CCCN(c2ncccc2C=O)C1. The Morgan fingerprint density at radius 2 is 2.50 bits per heavy atom. The molecule has 18 heavy (non-hydrogen) atoms. The summed E-state index contributed by atoms with van der Waals surface area (Å²) < 4.78 is 5.80. The van der Waals surface area contributed by atoms with Gasteiger partial charge < -0.3 is 9.64 Å². The Morgan fingerprint density at radius 3 is 3.28 bits per heavy atom. The zero-order valence-corrected chi connectivity index (χ0v) is 10.8. The number of pyridine rings is 1. The van der Waals surface area contributed by atoms with Crippen LogP contribution >= 0.6 is 0 Å². The van der Waals surface area contributed by atoms with E-state index in [1.807, 2.05) is 6.07 Å². The lowest BCUT2D eigenvalue weighted by Crippen LogP contribution is -2.40. The molecule has 0 radical (unpaired) electrons. The van der Waals surface area contributed by atoms with Gasteiger partial charge in [0.1, 0.15) is 5.82 Å². The summed E-state index contributed by atoms with van der Waals surface area (Å²) in [7, 11) is 0. The molecule has 2 heterocycles. The third kappa shape index (κ3) is 3.07. The molecular weight excluding hydrogens is 228 g/mol. The summed E-state index contributed by atoms with van der Waals surface area (Å²) in [6.07, 6.45) is 6.10. The fourth-order valence-electron chi connectivity index (χ4n) is 2.32. The Labute approximate surface area is 108 Å². The standard InChI is InChI=1S/C14H20N2O2/c1-2-9-18-13-6-4-8-16(10-13)14-12(11-17)5-3-7-15-14/h3,5,7,11,13H,2,4,6,8-10H2,1H3. The Bertz CT molecular complexity index is 395. The van der Waals surface area contributed by atoms with Crippen molar-refractivity contribution >= 4 is 12.1 Å². The molecule has 98 valence electrons. The number of nitrogens with zero attached hydrogens (tertiary/aromatic N) is 2. The molecule has 0 spiro atoms. The van der Waals surface area contributed by atoms with Crippen LogP contribution in [0.2, 0.25) is 0 Å². The van der Waals surface area contributed by atoms with E-state index in [1.165, 1.54) is 0 Å². The van der Waals surface area contributed by atoms with Crippen molar-refractivity contribution in [2.45, 2.75) is 32.3 Å². The second-order valence-corrected chi connectivity index (χ2v) is 4.62. The molecule has 1 unspecified atom stereocenters. The van der Waals surface area contributed by atoms with Gasteiger partial charge in [0.25, 0.3) is 0 Å². The molecule has 1 aliphatic rings. The quantitative estimate of drug-likeness (QED) is 0.750. The van der Waals surface area contributed by atoms with Gasteiger partial charge in [0.05, 0.1) is 11.7 Å². The van der Waals surface area contributed by atoms with Gasteiger partial charge in [0, 0.05) is 25.9 Å². The molecule has 4 nitrogen and oxygen atoms in total. The third-order valence-electron chi connectivity index (χ3n) is 3.18. The molecule has 4 heteroatoms. The summed E-state index contributed by atoms with van der Waals surface area (Å²) in [5, 5.41) is 0. The fourth-order valence-corrected chi connectivity index (χ4v) is 2.32. The molecule has 0 N–H and O–H groups in total. The molecule has 0 saturated carbocycles. The molecule has 1 aromatic heterocycles. The van der Waals surface area contributed by atoms with Crippen molar-refractivity contribution in [1.29, 1.82) is 0 Å². The van der Waals surface area contributed by atoms with Crippen molar-refractivity contribution < 1.29 is 9.53 Å². The van der Waals surface area contributed by atoms with Crippen molar-refractivity contribution in [2.75, 3.05) is 24.6 Å². The molecule has 1 fully saturated rings. The van der Waals surface area contributed by atoms with E-state index in [0.29, 0.717) is 5.56 Å². The van der Waals surface area contributed by atoms with Crippen LogP contribution in [0.15, 0.2) is 18.3 Å². The van der Waals surface area contributed by atoms with Crippen LogP contribution in [0.25, 0.3) is 0 Å². The number of ether oxygens (including phenoxy) is 1.